The molecule has 1 amide bonds. The number of H-pyrrole nitrogens is 1. The van der Waals surface area contributed by atoms with Crippen molar-refractivity contribution < 1.29 is 4.79 Å². The zero-order valence-corrected chi connectivity index (χ0v) is 18.7. The number of nitrogens with zero attached hydrogens (tertiary/aromatic N) is 3. The molecule has 2 aromatic carbocycles. The average molecular weight is 480 g/mol. The van der Waals surface area contributed by atoms with Crippen molar-refractivity contribution >= 4 is 45.7 Å². The molecule has 7 nitrogen and oxygen atoms in total. The van der Waals surface area contributed by atoms with E-state index in [1.54, 1.807) is 36.4 Å². The highest BCUT2D eigenvalue weighted by molar-refractivity contribution is 7.99. The molecule has 0 unspecified atom stereocenters. The van der Waals surface area contributed by atoms with Gasteiger partial charge in [-0.2, -0.15) is 5.26 Å². The highest BCUT2D eigenvalue weighted by atomic mass is 35.5. The van der Waals surface area contributed by atoms with Gasteiger partial charge in [0, 0.05) is 21.5 Å². The maximum Gasteiger partial charge on any atom is 0.270 e. The smallest absolute Gasteiger partial charge is 0.270 e. The van der Waals surface area contributed by atoms with Crippen LogP contribution in [0.3, 0.4) is 0 Å². The predicted octanol–water partition coefficient (Wildman–Crippen LogP) is 4.82. The second-order valence-electron chi connectivity index (χ2n) is 6.45. The maximum atomic E-state index is 12.4. The van der Waals surface area contributed by atoms with E-state index in [1.165, 1.54) is 11.3 Å². The number of amides is 1. The van der Waals surface area contributed by atoms with Crippen LogP contribution in [0.15, 0.2) is 69.9 Å². The zero-order valence-electron chi connectivity index (χ0n) is 16.3. The van der Waals surface area contributed by atoms with Crippen LogP contribution in [0.25, 0.3) is 22.5 Å². The van der Waals surface area contributed by atoms with Crippen molar-refractivity contribution in [3.63, 3.8) is 0 Å². The summed E-state index contributed by atoms with van der Waals surface area (Å²) in [6.45, 7) is 0. The fourth-order valence-electron chi connectivity index (χ4n) is 2.80. The summed E-state index contributed by atoms with van der Waals surface area (Å²) in [4.78, 5) is 36.1. The van der Waals surface area contributed by atoms with E-state index in [1.807, 2.05) is 29.6 Å². The van der Waals surface area contributed by atoms with Gasteiger partial charge in [-0.05, 0) is 12.1 Å². The summed E-state index contributed by atoms with van der Waals surface area (Å²) in [6, 6.07) is 18.1. The van der Waals surface area contributed by atoms with E-state index in [-0.39, 0.29) is 28.1 Å². The van der Waals surface area contributed by atoms with Crippen LogP contribution >= 0.6 is 34.7 Å². The number of benzene rings is 2. The molecule has 0 saturated carbocycles. The van der Waals surface area contributed by atoms with Gasteiger partial charge < -0.3 is 10.3 Å². The summed E-state index contributed by atoms with van der Waals surface area (Å²) in [7, 11) is 0. The summed E-state index contributed by atoms with van der Waals surface area (Å²) >= 11 is 8.29. The van der Waals surface area contributed by atoms with Gasteiger partial charge in [0.15, 0.2) is 10.3 Å². The average Bonchev–Trinajstić information content (AvgIpc) is 3.26. The molecule has 0 radical (unpaired) electrons. The topological polar surface area (TPSA) is 112 Å². The number of carbonyl (C=O) groups is 1. The van der Waals surface area contributed by atoms with Crippen LogP contribution in [0.2, 0.25) is 5.02 Å². The summed E-state index contributed by atoms with van der Waals surface area (Å²) in [5.41, 5.74) is 1.96. The number of rotatable bonds is 6. The van der Waals surface area contributed by atoms with Crippen molar-refractivity contribution in [3.8, 4) is 28.6 Å². The van der Waals surface area contributed by atoms with Gasteiger partial charge in [-0.1, -0.05) is 65.8 Å². The highest BCUT2D eigenvalue weighted by Crippen LogP contribution is 2.26. The molecule has 0 aliphatic carbocycles. The van der Waals surface area contributed by atoms with Crippen LogP contribution in [-0.4, -0.2) is 26.6 Å². The van der Waals surface area contributed by atoms with E-state index in [9.17, 15) is 14.9 Å². The van der Waals surface area contributed by atoms with Gasteiger partial charge >= 0.3 is 0 Å². The van der Waals surface area contributed by atoms with Crippen molar-refractivity contribution in [2.24, 2.45) is 0 Å². The van der Waals surface area contributed by atoms with Crippen LogP contribution in [-0.2, 0) is 4.79 Å². The Balaban J connectivity index is 1.44. The molecule has 0 saturated heterocycles. The van der Waals surface area contributed by atoms with Crippen molar-refractivity contribution in [3.05, 3.63) is 80.9 Å². The molecule has 0 spiro atoms. The first kappa shape index (κ1) is 21.8. The molecule has 158 valence electrons. The number of nitrogens with one attached hydrogen (secondary N) is 2. The Morgan fingerprint density at radius 1 is 1.12 bits per heavy atom. The third-order valence-electron chi connectivity index (χ3n) is 4.29. The van der Waals surface area contributed by atoms with E-state index in [0.29, 0.717) is 15.7 Å². The van der Waals surface area contributed by atoms with Gasteiger partial charge in [0.2, 0.25) is 5.91 Å². The van der Waals surface area contributed by atoms with Crippen molar-refractivity contribution in [2.75, 3.05) is 11.1 Å². The van der Waals surface area contributed by atoms with Gasteiger partial charge in [-0.3, -0.25) is 9.59 Å². The Hall–Kier alpha value is -3.45. The summed E-state index contributed by atoms with van der Waals surface area (Å²) < 4.78 is 0. The second kappa shape index (κ2) is 9.78. The monoisotopic (exact) mass is 479 g/mol. The Labute approximate surface area is 196 Å². The Morgan fingerprint density at radius 3 is 2.59 bits per heavy atom. The number of hydrogen-bond acceptors (Lipinski definition) is 7. The maximum absolute atomic E-state index is 12.4. The molecule has 2 heterocycles. The Morgan fingerprint density at radius 2 is 1.88 bits per heavy atom. The van der Waals surface area contributed by atoms with E-state index in [0.717, 1.165) is 23.0 Å². The quantitative estimate of drug-likeness (QED) is 0.303. The van der Waals surface area contributed by atoms with Crippen LogP contribution < -0.4 is 10.9 Å². The largest absolute Gasteiger partial charge is 0.301 e. The van der Waals surface area contributed by atoms with Crippen LogP contribution in [0, 0.1) is 11.3 Å². The molecule has 0 aliphatic rings. The lowest BCUT2D eigenvalue weighted by Gasteiger charge is -2.06. The Kier molecular flexibility index (Phi) is 6.66. The molecular formula is C22H14ClN5O2S2. The minimum absolute atomic E-state index is 0.0128. The molecule has 2 aromatic heterocycles. The van der Waals surface area contributed by atoms with Gasteiger partial charge in [-0.25, -0.2) is 9.97 Å². The van der Waals surface area contributed by atoms with E-state index < -0.39 is 5.56 Å². The number of anilines is 1. The number of aromatic amines is 1. The fourth-order valence-corrected chi connectivity index (χ4v) is 4.33. The zero-order chi connectivity index (χ0) is 22.5. The number of thioether (sulfide) groups is 1. The number of aromatic nitrogens is 3. The van der Waals surface area contributed by atoms with E-state index in [2.05, 4.69) is 20.3 Å². The fraction of sp³-hybridized carbons (Fsp3) is 0.0455. The number of hydrogen-bond donors (Lipinski definition) is 2. The van der Waals surface area contributed by atoms with Crippen molar-refractivity contribution in [1.29, 1.82) is 5.26 Å². The summed E-state index contributed by atoms with van der Waals surface area (Å²) in [5.74, 6) is -0.279. The van der Waals surface area contributed by atoms with Gasteiger partial charge in [0.05, 0.1) is 17.1 Å². The third-order valence-corrected chi connectivity index (χ3v) is 6.17. The lowest BCUT2D eigenvalue weighted by atomic mass is 10.1. The number of carbonyl (C=O) groups excluding carboxylic acids is 1. The molecular weight excluding hydrogens is 466 g/mol. The second-order valence-corrected chi connectivity index (χ2v) is 8.71. The van der Waals surface area contributed by atoms with Crippen molar-refractivity contribution in [2.45, 2.75) is 5.16 Å². The predicted molar refractivity (Wildman–Crippen MR) is 127 cm³/mol. The molecule has 4 aromatic rings. The van der Waals surface area contributed by atoms with E-state index in [4.69, 9.17) is 11.6 Å². The molecule has 0 atom stereocenters. The molecule has 32 heavy (non-hydrogen) atoms. The number of thiazole rings is 1. The number of halogens is 1. The van der Waals surface area contributed by atoms with Crippen LogP contribution in [0.5, 0.6) is 0 Å². The van der Waals surface area contributed by atoms with Gasteiger partial charge in [0.1, 0.15) is 11.6 Å². The SMILES string of the molecule is N#Cc1c(-c2ccccc2)nc(SCC(=O)Nc2nc(-c3ccc(Cl)cc3)cs2)[nH]c1=O. The lowest BCUT2D eigenvalue weighted by molar-refractivity contribution is -0.113. The Bertz CT molecular complexity index is 1360. The van der Waals surface area contributed by atoms with Crippen molar-refractivity contribution in [1.82, 2.24) is 15.0 Å². The number of nitriles is 1. The van der Waals surface area contributed by atoms with Crippen LogP contribution in [0.4, 0.5) is 5.13 Å². The van der Waals surface area contributed by atoms with Gasteiger partial charge in [-0.15, -0.1) is 11.3 Å². The summed E-state index contributed by atoms with van der Waals surface area (Å²) in [6.07, 6.45) is 0. The normalized spacial score (nSPS) is 10.5. The molecule has 0 fully saturated rings. The third kappa shape index (κ3) is 5.06. The molecule has 10 heteroatoms. The first-order chi connectivity index (χ1) is 15.5. The molecule has 4 rings (SSSR count). The highest BCUT2D eigenvalue weighted by Gasteiger charge is 2.15. The lowest BCUT2D eigenvalue weighted by Crippen LogP contribution is -2.17. The summed E-state index contributed by atoms with van der Waals surface area (Å²) in [5, 5.41) is 15.3. The molecule has 0 bridgehead atoms. The molecule has 2 N–H and O–H groups in total. The van der Waals surface area contributed by atoms with Gasteiger partial charge in [0.25, 0.3) is 5.56 Å². The standard InChI is InChI=1S/C22H14ClN5O2S2/c23-15-8-6-13(7-9-15)17-11-31-21(25-17)26-18(29)12-32-22-27-19(14-4-2-1-3-5-14)16(10-24)20(30)28-22/h1-9,11H,12H2,(H,25,26,29)(H,27,28,30). The first-order valence-electron chi connectivity index (χ1n) is 9.27. The van der Waals surface area contributed by atoms with E-state index >= 15 is 0 Å². The minimum atomic E-state index is -0.545. The van der Waals surface area contributed by atoms with Crippen LogP contribution in [0.1, 0.15) is 5.56 Å². The molecule has 0 aliphatic heterocycles. The first-order valence-corrected chi connectivity index (χ1v) is 11.5. The minimum Gasteiger partial charge on any atom is -0.301 e.